The van der Waals surface area contributed by atoms with Crippen molar-refractivity contribution in [3.63, 3.8) is 0 Å². The average molecular weight is 452 g/mol. The minimum atomic E-state index is -4.46. The van der Waals surface area contributed by atoms with Crippen LogP contribution in [0.5, 0.6) is 0 Å². The molecule has 1 aromatic heterocycles. The van der Waals surface area contributed by atoms with Crippen LogP contribution in [0.1, 0.15) is 16.0 Å². The fourth-order valence-corrected chi connectivity index (χ4v) is 5.54. The minimum absolute atomic E-state index is 0. The second kappa shape index (κ2) is 7.32. The topological polar surface area (TPSA) is 82.1 Å². The second-order valence-corrected chi connectivity index (χ2v) is 8.44. The molecule has 0 amide bonds. The second-order valence-electron chi connectivity index (χ2n) is 5.86. The Kier molecular flexibility index (Phi) is 5.57. The van der Waals surface area contributed by atoms with Gasteiger partial charge in [-0.25, -0.2) is 18.1 Å². The van der Waals surface area contributed by atoms with Crippen molar-refractivity contribution in [3.05, 3.63) is 56.7 Å². The van der Waals surface area contributed by atoms with Gasteiger partial charge in [-0.05, 0) is 23.1 Å². The fourth-order valence-electron chi connectivity index (χ4n) is 3.33. The summed E-state index contributed by atoms with van der Waals surface area (Å²) in [7, 11) is -3.29. The van der Waals surface area contributed by atoms with E-state index in [9.17, 15) is 13.2 Å². The number of hydrogen-bond acceptors (Lipinski definition) is 8. The highest BCUT2D eigenvalue weighted by molar-refractivity contribution is 7.82. The van der Waals surface area contributed by atoms with Gasteiger partial charge in [0.1, 0.15) is 6.23 Å². The highest BCUT2D eigenvalue weighted by Crippen LogP contribution is 2.46. The van der Waals surface area contributed by atoms with Crippen molar-refractivity contribution in [2.75, 3.05) is 7.11 Å². The van der Waals surface area contributed by atoms with Gasteiger partial charge in [-0.2, -0.15) is 8.42 Å². The molecule has 4 rings (SSSR count). The molecule has 0 N–H and O–H groups in total. The maximum atomic E-state index is 12.9. The lowest BCUT2D eigenvalue weighted by Crippen LogP contribution is -2.64. The summed E-state index contributed by atoms with van der Waals surface area (Å²) in [6.45, 7) is 0.249. The van der Waals surface area contributed by atoms with Crippen molar-refractivity contribution < 1.29 is 26.3 Å². The van der Waals surface area contributed by atoms with Crippen LogP contribution in [0.3, 0.4) is 0 Å². The Morgan fingerprint density at radius 3 is 2.81 bits per heavy atom. The Bertz CT molecular complexity index is 979. The molecule has 1 saturated heterocycles. The van der Waals surface area contributed by atoms with E-state index in [1.54, 1.807) is 24.3 Å². The van der Waals surface area contributed by atoms with Crippen molar-refractivity contribution in [2.24, 2.45) is 0 Å². The molecular formula is C16H15Cl2NO6S2. The van der Waals surface area contributed by atoms with Crippen LogP contribution in [0.4, 0.5) is 0 Å². The molecule has 1 fully saturated rings. The molecule has 3 heterocycles. The number of ether oxygens (including phenoxy) is 1. The zero-order chi connectivity index (χ0) is 18.5. The van der Waals surface area contributed by atoms with E-state index in [2.05, 4.69) is 0 Å². The SMILES string of the molecule is COC(=O)[C@]1(c2ccccc2Cl)OS(=O)(=O)OC2Cc3sccc3CN21.Cl. The van der Waals surface area contributed by atoms with E-state index >= 15 is 0 Å². The van der Waals surface area contributed by atoms with Crippen molar-refractivity contribution in [3.8, 4) is 0 Å². The molecule has 2 aromatic rings. The normalized spacial score (nSPS) is 26.4. The summed E-state index contributed by atoms with van der Waals surface area (Å²) in [6.07, 6.45) is -0.603. The maximum Gasteiger partial charge on any atom is 0.404 e. The Morgan fingerprint density at radius 2 is 2.11 bits per heavy atom. The maximum absolute atomic E-state index is 12.9. The number of fused-ring (bicyclic) bond motifs is 2. The summed E-state index contributed by atoms with van der Waals surface area (Å²) >= 11 is 7.81. The van der Waals surface area contributed by atoms with E-state index in [0.717, 1.165) is 10.4 Å². The highest BCUT2D eigenvalue weighted by atomic mass is 35.5. The van der Waals surface area contributed by atoms with E-state index < -0.39 is 28.3 Å². The fraction of sp³-hybridized carbons (Fsp3) is 0.312. The number of hydrogen-bond donors (Lipinski definition) is 0. The molecule has 2 aliphatic heterocycles. The van der Waals surface area contributed by atoms with Gasteiger partial charge in [-0.15, -0.1) is 23.7 Å². The number of benzene rings is 1. The van der Waals surface area contributed by atoms with E-state index in [0.29, 0.717) is 6.42 Å². The van der Waals surface area contributed by atoms with Crippen LogP contribution in [-0.2, 0) is 47.0 Å². The van der Waals surface area contributed by atoms with E-state index in [1.807, 2.05) is 11.4 Å². The molecule has 0 aliphatic carbocycles. The van der Waals surface area contributed by atoms with Gasteiger partial charge in [0.15, 0.2) is 0 Å². The first kappa shape index (κ1) is 20.5. The van der Waals surface area contributed by atoms with E-state index in [4.69, 9.17) is 24.7 Å². The number of methoxy groups -OCH3 is 1. The van der Waals surface area contributed by atoms with Crippen LogP contribution in [0.25, 0.3) is 0 Å². The zero-order valence-electron chi connectivity index (χ0n) is 14.0. The Hall–Kier alpha value is -1.20. The van der Waals surface area contributed by atoms with E-state index in [-0.39, 0.29) is 29.5 Å². The van der Waals surface area contributed by atoms with Gasteiger partial charge in [0.05, 0.1) is 7.11 Å². The first-order chi connectivity index (χ1) is 12.4. The van der Waals surface area contributed by atoms with Gasteiger partial charge < -0.3 is 4.74 Å². The number of rotatable bonds is 2. The van der Waals surface area contributed by atoms with Crippen molar-refractivity contribution in [1.82, 2.24) is 4.90 Å². The molecule has 0 saturated carbocycles. The third kappa shape index (κ3) is 3.27. The largest absolute Gasteiger partial charge is 0.466 e. The molecule has 7 nitrogen and oxygen atoms in total. The molecule has 0 bridgehead atoms. The molecule has 0 spiro atoms. The first-order valence-electron chi connectivity index (χ1n) is 7.66. The third-order valence-corrected chi connectivity index (χ3v) is 6.66. The zero-order valence-corrected chi connectivity index (χ0v) is 17.2. The minimum Gasteiger partial charge on any atom is -0.466 e. The van der Waals surface area contributed by atoms with Crippen LogP contribution in [0, 0.1) is 0 Å². The van der Waals surface area contributed by atoms with E-state index in [1.165, 1.54) is 23.3 Å². The number of carbonyl (C=O) groups excluding carboxylic acids is 1. The van der Waals surface area contributed by atoms with Gasteiger partial charge >= 0.3 is 16.4 Å². The molecule has 1 unspecified atom stereocenters. The molecule has 11 heteroatoms. The molecular weight excluding hydrogens is 437 g/mol. The van der Waals surface area contributed by atoms with Crippen LogP contribution in [0.15, 0.2) is 35.7 Å². The number of thiophene rings is 1. The quantitative estimate of drug-likeness (QED) is 0.649. The lowest BCUT2D eigenvalue weighted by Gasteiger charge is -2.48. The van der Waals surface area contributed by atoms with Crippen molar-refractivity contribution in [2.45, 2.75) is 24.9 Å². The molecule has 27 heavy (non-hydrogen) atoms. The number of nitrogens with zero attached hydrogens (tertiary/aromatic N) is 1. The summed E-state index contributed by atoms with van der Waals surface area (Å²) in [5.74, 6) is -0.888. The highest BCUT2D eigenvalue weighted by Gasteiger charge is 2.60. The molecule has 2 atom stereocenters. The van der Waals surface area contributed by atoms with Gasteiger partial charge in [0.2, 0.25) is 0 Å². The molecule has 1 aromatic carbocycles. The Labute approximate surface area is 171 Å². The van der Waals surface area contributed by atoms with Gasteiger partial charge in [0, 0.05) is 28.4 Å². The Morgan fingerprint density at radius 1 is 1.37 bits per heavy atom. The monoisotopic (exact) mass is 451 g/mol. The summed E-state index contributed by atoms with van der Waals surface area (Å²) in [5, 5.41) is 2.10. The lowest BCUT2D eigenvalue weighted by atomic mass is 9.96. The van der Waals surface area contributed by atoms with Crippen LogP contribution < -0.4 is 0 Å². The number of halogens is 2. The summed E-state index contributed by atoms with van der Waals surface area (Å²) in [4.78, 5) is 15.4. The number of esters is 1. The molecule has 2 aliphatic rings. The Balaban J connectivity index is 0.00000210. The van der Waals surface area contributed by atoms with Crippen molar-refractivity contribution in [1.29, 1.82) is 0 Å². The third-order valence-electron chi connectivity index (χ3n) is 4.44. The summed E-state index contributed by atoms with van der Waals surface area (Å²) in [6, 6.07) is 8.35. The number of carbonyl (C=O) groups is 1. The smallest absolute Gasteiger partial charge is 0.404 e. The van der Waals surface area contributed by atoms with Gasteiger partial charge in [-0.3, -0.25) is 0 Å². The average Bonchev–Trinajstić information content (AvgIpc) is 3.05. The van der Waals surface area contributed by atoms with Crippen LogP contribution >= 0.6 is 35.3 Å². The van der Waals surface area contributed by atoms with Crippen molar-refractivity contribution >= 4 is 51.7 Å². The molecule has 146 valence electrons. The molecule has 0 radical (unpaired) electrons. The first-order valence-corrected chi connectivity index (χ1v) is 10.3. The predicted molar refractivity (Wildman–Crippen MR) is 101 cm³/mol. The lowest BCUT2D eigenvalue weighted by molar-refractivity contribution is -0.224. The van der Waals surface area contributed by atoms with Gasteiger partial charge in [0.25, 0.3) is 5.72 Å². The van der Waals surface area contributed by atoms with Crippen LogP contribution in [-0.4, -0.2) is 32.6 Å². The van der Waals surface area contributed by atoms with Gasteiger partial charge in [-0.1, -0.05) is 29.8 Å². The predicted octanol–water partition coefficient (Wildman–Crippen LogP) is 2.83. The van der Waals surface area contributed by atoms with Crippen LogP contribution in [0.2, 0.25) is 5.02 Å². The standard InChI is InChI=1S/C16H14ClNO6S2.ClH/c1-22-15(19)16(11-4-2-3-5-12(11)17)18-9-10-6-7-25-13(10)8-14(18)23-26(20,21)24-16;/h2-7,14H,8-9H2,1H3;1H/t14?,16-;/m0./s1. The summed E-state index contributed by atoms with van der Waals surface area (Å²) in [5.41, 5.74) is -0.906. The summed E-state index contributed by atoms with van der Waals surface area (Å²) < 4.78 is 40.1.